The Kier molecular flexibility index (Phi) is 8.67. The number of para-hydroxylation sites is 1. The summed E-state index contributed by atoms with van der Waals surface area (Å²) < 4.78 is 2.43. The molecule has 0 bridgehead atoms. The molecule has 1 nitrogen and oxygen atoms in total. The summed E-state index contributed by atoms with van der Waals surface area (Å²) in [6.45, 7) is 2.43. The quantitative estimate of drug-likeness (QED) is 0.159. The average Bonchev–Trinajstić information content (AvgIpc) is 3.58. The van der Waals surface area contributed by atoms with Crippen molar-refractivity contribution in [3.8, 4) is 61.3 Å². The van der Waals surface area contributed by atoms with E-state index in [1.165, 1.54) is 94.1 Å². The summed E-state index contributed by atoms with van der Waals surface area (Å²) in [6, 6.07) is 80.7. The summed E-state index contributed by atoms with van der Waals surface area (Å²) in [5.74, 6) is 0.706. The number of benzene rings is 9. The van der Waals surface area contributed by atoms with Crippen LogP contribution in [0.25, 0.3) is 83.1 Å². The molecule has 0 fully saturated rings. The van der Waals surface area contributed by atoms with Crippen LogP contribution in [0, 0.1) is 0 Å². The molecule has 2 unspecified atom stereocenters. The zero-order valence-corrected chi connectivity index (χ0v) is 33.1. The first-order valence-corrected chi connectivity index (χ1v) is 20.8. The van der Waals surface area contributed by atoms with Gasteiger partial charge in [-0.25, -0.2) is 0 Å². The number of aromatic nitrogens is 1. The monoisotopic (exact) mass is 753 g/mol. The number of rotatable bonds is 6. The van der Waals surface area contributed by atoms with Crippen LogP contribution in [0.15, 0.2) is 218 Å². The minimum Gasteiger partial charge on any atom is -0.309 e. The van der Waals surface area contributed by atoms with Gasteiger partial charge in [0, 0.05) is 16.5 Å². The van der Waals surface area contributed by atoms with Crippen LogP contribution >= 0.6 is 0 Å². The van der Waals surface area contributed by atoms with Gasteiger partial charge in [-0.05, 0) is 127 Å². The second-order valence-electron chi connectivity index (χ2n) is 16.1. The molecule has 59 heavy (non-hydrogen) atoms. The second kappa shape index (κ2) is 14.6. The van der Waals surface area contributed by atoms with E-state index in [-0.39, 0.29) is 0 Å². The van der Waals surface area contributed by atoms with Gasteiger partial charge in [0.1, 0.15) is 0 Å². The van der Waals surface area contributed by atoms with E-state index in [0.29, 0.717) is 11.8 Å². The van der Waals surface area contributed by atoms with Crippen molar-refractivity contribution >= 4 is 21.8 Å². The zero-order chi connectivity index (χ0) is 39.3. The predicted octanol–water partition coefficient (Wildman–Crippen LogP) is 15.6. The lowest BCUT2D eigenvalue weighted by Gasteiger charge is -2.25. The van der Waals surface area contributed by atoms with Crippen LogP contribution in [0.1, 0.15) is 35.4 Å². The van der Waals surface area contributed by atoms with E-state index in [2.05, 4.69) is 230 Å². The van der Waals surface area contributed by atoms with Crippen LogP contribution < -0.4 is 0 Å². The van der Waals surface area contributed by atoms with Gasteiger partial charge < -0.3 is 4.57 Å². The molecule has 1 aromatic heterocycles. The Bertz CT molecular complexity index is 3130. The van der Waals surface area contributed by atoms with Crippen LogP contribution in [-0.4, -0.2) is 4.57 Å². The Balaban J connectivity index is 0.975. The first kappa shape index (κ1) is 35.0. The molecule has 1 aliphatic rings. The van der Waals surface area contributed by atoms with Crippen molar-refractivity contribution in [1.82, 2.24) is 4.57 Å². The zero-order valence-electron chi connectivity index (χ0n) is 33.1. The third kappa shape index (κ3) is 6.27. The smallest absolute Gasteiger partial charge is 0.0541 e. The van der Waals surface area contributed by atoms with Gasteiger partial charge in [0.15, 0.2) is 0 Å². The standard InChI is InChI=1S/C58H43N/c1-39-51-32-30-46(36-55(51)52-23-9-8-18-49(52)38-54(39)48-21-12-19-44(34-48)41-16-6-3-7-17-41)47-31-33-58-56(37-47)53-24-10-11-25-57(53)59(58)50-22-13-20-45(35-50)43-28-26-42(27-29-43)40-14-4-2-5-15-40/h2-37,39,54H,38H2,1H3. The normalized spacial score (nSPS) is 14.8. The average molecular weight is 754 g/mol. The lowest BCUT2D eigenvalue weighted by molar-refractivity contribution is 0.579. The van der Waals surface area contributed by atoms with Gasteiger partial charge in [-0.2, -0.15) is 0 Å². The van der Waals surface area contributed by atoms with Crippen LogP contribution in [0.2, 0.25) is 0 Å². The maximum absolute atomic E-state index is 2.46. The fourth-order valence-electron chi connectivity index (χ4n) is 9.68. The molecule has 280 valence electrons. The molecule has 0 N–H and O–H groups in total. The molecule has 1 aliphatic carbocycles. The van der Waals surface area contributed by atoms with E-state index in [4.69, 9.17) is 0 Å². The molecule has 2 atom stereocenters. The Morgan fingerprint density at radius 2 is 0.915 bits per heavy atom. The molecule has 10 aromatic rings. The lowest BCUT2D eigenvalue weighted by Crippen LogP contribution is -2.10. The number of hydrogen-bond acceptors (Lipinski definition) is 0. The van der Waals surface area contributed by atoms with Gasteiger partial charge >= 0.3 is 0 Å². The topological polar surface area (TPSA) is 4.93 Å². The first-order chi connectivity index (χ1) is 29.2. The number of nitrogens with zero attached hydrogens (tertiary/aromatic N) is 1. The molecule has 0 saturated carbocycles. The Morgan fingerprint density at radius 3 is 1.71 bits per heavy atom. The first-order valence-electron chi connectivity index (χ1n) is 20.8. The van der Waals surface area contributed by atoms with Crippen molar-refractivity contribution in [1.29, 1.82) is 0 Å². The predicted molar refractivity (Wildman–Crippen MR) is 249 cm³/mol. The third-order valence-electron chi connectivity index (χ3n) is 12.8. The van der Waals surface area contributed by atoms with Gasteiger partial charge in [-0.15, -0.1) is 0 Å². The molecular formula is C58H43N. The highest BCUT2D eigenvalue weighted by Gasteiger charge is 2.29. The SMILES string of the molecule is CC1c2ccc(-c3ccc4c(c3)c3ccccc3n4-c3cccc(-c4ccc(-c5ccccc5)cc4)c3)cc2-c2ccccc2CC1c1cccc(-c2ccccc2)c1. The molecule has 0 spiro atoms. The molecule has 9 aromatic carbocycles. The molecule has 11 rings (SSSR count). The van der Waals surface area contributed by atoms with Crippen LogP contribution in [0.4, 0.5) is 0 Å². The lowest BCUT2D eigenvalue weighted by atomic mass is 9.79. The van der Waals surface area contributed by atoms with Crippen molar-refractivity contribution in [2.45, 2.75) is 25.2 Å². The number of fused-ring (bicyclic) bond motifs is 6. The molecule has 1 heteroatoms. The van der Waals surface area contributed by atoms with E-state index in [9.17, 15) is 0 Å². The summed E-state index contributed by atoms with van der Waals surface area (Å²) >= 11 is 0. The molecule has 1 heterocycles. The van der Waals surface area contributed by atoms with Crippen LogP contribution in [0.5, 0.6) is 0 Å². The van der Waals surface area contributed by atoms with Gasteiger partial charge in [0.2, 0.25) is 0 Å². The fraction of sp³-hybridized carbons (Fsp3) is 0.0690. The van der Waals surface area contributed by atoms with E-state index in [1.54, 1.807) is 0 Å². The van der Waals surface area contributed by atoms with Crippen molar-refractivity contribution < 1.29 is 0 Å². The van der Waals surface area contributed by atoms with Crippen molar-refractivity contribution in [2.75, 3.05) is 0 Å². The minimum absolute atomic E-state index is 0.343. The van der Waals surface area contributed by atoms with E-state index >= 15 is 0 Å². The summed E-state index contributed by atoms with van der Waals surface area (Å²) in [7, 11) is 0. The highest BCUT2D eigenvalue weighted by atomic mass is 15.0. The largest absolute Gasteiger partial charge is 0.309 e. The maximum atomic E-state index is 2.46. The molecule has 0 amide bonds. The highest BCUT2D eigenvalue weighted by Crippen LogP contribution is 2.47. The Morgan fingerprint density at radius 1 is 0.373 bits per heavy atom. The van der Waals surface area contributed by atoms with E-state index in [1.807, 2.05) is 0 Å². The van der Waals surface area contributed by atoms with E-state index < -0.39 is 0 Å². The van der Waals surface area contributed by atoms with Crippen LogP contribution in [0.3, 0.4) is 0 Å². The minimum atomic E-state index is 0.343. The van der Waals surface area contributed by atoms with Gasteiger partial charge in [0.05, 0.1) is 11.0 Å². The Hall–Kier alpha value is -7.22. The van der Waals surface area contributed by atoms with Gasteiger partial charge in [-0.3, -0.25) is 0 Å². The van der Waals surface area contributed by atoms with Crippen molar-refractivity contribution in [3.05, 3.63) is 235 Å². The summed E-state index contributed by atoms with van der Waals surface area (Å²) in [5, 5.41) is 2.52. The highest BCUT2D eigenvalue weighted by molar-refractivity contribution is 6.10. The fourth-order valence-corrected chi connectivity index (χ4v) is 9.68. The van der Waals surface area contributed by atoms with Crippen molar-refractivity contribution in [2.24, 2.45) is 0 Å². The molecule has 0 radical (unpaired) electrons. The van der Waals surface area contributed by atoms with Crippen molar-refractivity contribution in [3.63, 3.8) is 0 Å². The van der Waals surface area contributed by atoms with E-state index in [0.717, 1.165) is 12.1 Å². The van der Waals surface area contributed by atoms with Gasteiger partial charge in [0.25, 0.3) is 0 Å². The third-order valence-corrected chi connectivity index (χ3v) is 12.8. The molecule has 0 saturated heterocycles. The number of hydrogen-bond donors (Lipinski definition) is 0. The summed E-state index contributed by atoms with van der Waals surface area (Å²) in [4.78, 5) is 0. The summed E-state index contributed by atoms with van der Waals surface area (Å²) in [6.07, 6.45) is 1.01. The Labute approximate surface area is 346 Å². The maximum Gasteiger partial charge on any atom is 0.0541 e. The molecule has 0 aliphatic heterocycles. The molecular weight excluding hydrogens is 711 g/mol. The van der Waals surface area contributed by atoms with Gasteiger partial charge in [-0.1, -0.05) is 189 Å². The second-order valence-corrected chi connectivity index (χ2v) is 16.1. The summed E-state index contributed by atoms with van der Waals surface area (Å²) in [5.41, 5.74) is 20.4. The van der Waals surface area contributed by atoms with Crippen LogP contribution in [-0.2, 0) is 6.42 Å².